The summed E-state index contributed by atoms with van der Waals surface area (Å²) in [7, 11) is 0. The molecular weight excluding hydrogens is 242 g/mol. The highest BCUT2D eigenvalue weighted by Crippen LogP contribution is 2.10. The van der Waals surface area contributed by atoms with Crippen molar-refractivity contribution in [1.82, 2.24) is 15.1 Å². The Bertz CT molecular complexity index is 354. The average Bonchev–Trinajstić information content (AvgIpc) is 2.74. The Morgan fingerprint density at radius 1 is 1.71 bits per heavy atom. The summed E-state index contributed by atoms with van der Waals surface area (Å²) in [4.78, 5) is 11.7. The van der Waals surface area contributed by atoms with Gasteiger partial charge >= 0.3 is 0 Å². The van der Waals surface area contributed by atoms with Crippen LogP contribution in [0.15, 0.2) is 12.4 Å². The van der Waals surface area contributed by atoms with Crippen LogP contribution in [0.1, 0.15) is 26.3 Å². The molecule has 0 aliphatic carbocycles. The van der Waals surface area contributed by atoms with Crippen LogP contribution < -0.4 is 5.32 Å². The topological polar surface area (TPSA) is 56.1 Å². The first kappa shape index (κ1) is 14.0. The second kappa shape index (κ2) is 7.29. The smallest absolute Gasteiger partial charge is 0.244 e. The minimum absolute atomic E-state index is 0.0683. The Hall–Kier alpha value is -1.07. The summed E-state index contributed by atoms with van der Waals surface area (Å²) < 4.78 is 6.72. The zero-order valence-corrected chi connectivity index (χ0v) is 10.9. The first-order valence-corrected chi connectivity index (χ1v) is 6.08. The molecule has 0 saturated carbocycles. The molecule has 6 heteroatoms. The van der Waals surface area contributed by atoms with Gasteiger partial charge in [-0.05, 0) is 20.3 Å². The number of ether oxygens (including phenoxy) is 1. The lowest BCUT2D eigenvalue weighted by Gasteiger charge is -2.12. The maximum absolute atomic E-state index is 11.7. The van der Waals surface area contributed by atoms with Crippen molar-refractivity contribution in [1.29, 1.82) is 0 Å². The van der Waals surface area contributed by atoms with Gasteiger partial charge in [0.15, 0.2) is 0 Å². The van der Waals surface area contributed by atoms with Gasteiger partial charge in [0.25, 0.3) is 0 Å². The number of nitrogens with one attached hydrogen (secondary N) is 1. The van der Waals surface area contributed by atoms with Gasteiger partial charge in [-0.25, -0.2) is 0 Å². The largest absolute Gasteiger partial charge is 0.382 e. The number of rotatable bonds is 7. The minimum Gasteiger partial charge on any atom is -0.382 e. The first-order valence-electron chi connectivity index (χ1n) is 5.70. The summed E-state index contributed by atoms with van der Waals surface area (Å²) in [6, 6.07) is -0.352. The highest BCUT2D eigenvalue weighted by molar-refractivity contribution is 6.30. The van der Waals surface area contributed by atoms with Crippen molar-refractivity contribution in [2.24, 2.45) is 0 Å². The summed E-state index contributed by atoms with van der Waals surface area (Å²) in [5, 5.41) is 7.35. The van der Waals surface area contributed by atoms with Gasteiger partial charge < -0.3 is 10.1 Å². The van der Waals surface area contributed by atoms with Crippen molar-refractivity contribution in [3.8, 4) is 0 Å². The van der Waals surface area contributed by atoms with E-state index in [4.69, 9.17) is 16.3 Å². The molecule has 1 aromatic heterocycles. The van der Waals surface area contributed by atoms with Gasteiger partial charge in [0.1, 0.15) is 6.04 Å². The molecule has 0 aliphatic rings. The molecular formula is C11H18ClN3O2. The van der Waals surface area contributed by atoms with Crippen LogP contribution in [-0.2, 0) is 9.53 Å². The lowest BCUT2D eigenvalue weighted by molar-refractivity contribution is -0.124. The predicted molar refractivity (Wildman–Crippen MR) is 66.1 cm³/mol. The second-order valence-corrected chi connectivity index (χ2v) is 4.09. The maximum Gasteiger partial charge on any atom is 0.244 e. The van der Waals surface area contributed by atoms with Crippen molar-refractivity contribution >= 4 is 17.5 Å². The van der Waals surface area contributed by atoms with E-state index in [9.17, 15) is 4.79 Å². The Morgan fingerprint density at radius 2 is 2.47 bits per heavy atom. The Kier molecular flexibility index (Phi) is 6.00. The van der Waals surface area contributed by atoms with E-state index < -0.39 is 0 Å². The molecule has 1 heterocycles. The monoisotopic (exact) mass is 259 g/mol. The molecule has 1 amide bonds. The van der Waals surface area contributed by atoms with Gasteiger partial charge in [-0.15, -0.1) is 0 Å². The standard InChI is InChI=1S/C11H18ClN3O2/c1-3-17-6-4-5-13-11(16)9(2)15-8-10(12)7-14-15/h7-9H,3-6H2,1-2H3,(H,13,16). The van der Waals surface area contributed by atoms with Crippen molar-refractivity contribution in [2.75, 3.05) is 19.8 Å². The molecule has 5 nitrogen and oxygen atoms in total. The van der Waals surface area contributed by atoms with E-state index in [1.54, 1.807) is 17.8 Å². The van der Waals surface area contributed by atoms with E-state index in [0.717, 1.165) is 6.42 Å². The molecule has 0 bridgehead atoms. The summed E-state index contributed by atoms with van der Waals surface area (Å²) >= 11 is 5.74. The third-order valence-corrected chi connectivity index (χ3v) is 2.51. The fourth-order valence-corrected chi connectivity index (χ4v) is 1.47. The van der Waals surface area contributed by atoms with Crippen molar-refractivity contribution in [3.63, 3.8) is 0 Å². The number of carbonyl (C=O) groups excluding carboxylic acids is 1. The Labute approximate surface area is 106 Å². The predicted octanol–water partition coefficient (Wildman–Crippen LogP) is 1.64. The van der Waals surface area contributed by atoms with Crippen molar-refractivity contribution in [3.05, 3.63) is 17.4 Å². The summed E-state index contributed by atoms with van der Waals surface area (Å²) in [5.74, 6) is -0.0683. The average molecular weight is 260 g/mol. The molecule has 1 rings (SSSR count). The molecule has 0 fully saturated rings. The molecule has 1 atom stereocenters. The summed E-state index contributed by atoms with van der Waals surface area (Å²) in [6.07, 6.45) is 3.96. The lowest BCUT2D eigenvalue weighted by atomic mass is 10.3. The van der Waals surface area contributed by atoms with E-state index in [-0.39, 0.29) is 11.9 Å². The van der Waals surface area contributed by atoms with Crippen LogP contribution in [0.3, 0.4) is 0 Å². The zero-order chi connectivity index (χ0) is 12.7. The van der Waals surface area contributed by atoms with Crippen LogP contribution in [0, 0.1) is 0 Å². The van der Waals surface area contributed by atoms with E-state index in [0.29, 0.717) is 24.8 Å². The number of nitrogens with zero attached hydrogens (tertiary/aromatic N) is 2. The number of aromatic nitrogens is 2. The van der Waals surface area contributed by atoms with Gasteiger partial charge in [-0.1, -0.05) is 11.6 Å². The van der Waals surface area contributed by atoms with Gasteiger partial charge in [0.05, 0.1) is 11.2 Å². The van der Waals surface area contributed by atoms with Crippen LogP contribution in [-0.4, -0.2) is 35.4 Å². The molecule has 0 spiro atoms. The molecule has 1 unspecified atom stereocenters. The van der Waals surface area contributed by atoms with Crippen molar-refractivity contribution < 1.29 is 9.53 Å². The SMILES string of the molecule is CCOCCCNC(=O)C(C)n1cc(Cl)cn1. The van der Waals surface area contributed by atoms with Gasteiger partial charge in [-0.2, -0.15) is 5.10 Å². The van der Waals surface area contributed by atoms with Gasteiger partial charge in [0.2, 0.25) is 5.91 Å². The van der Waals surface area contributed by atoms with Gasteiger partial charge in [0, 0.05) is 26.0 Å². The molecule has 0 radical (unpaired) electrons. The van der Waals surface area contributed by atoms with Crippen LogP contribution in [0.4, 0.5) is 0 Å². The maximum atomic E-state index is 11.7. The Morgan fingerprint density at radius 3 is 3.06 bits per heavy atom. The number of amides is 1. The number of hydrogen-bond donors (Lipinski definition) is 1. The Balaban J connectivity index is 2.28. The minimum atomic E-state index is -0.352. The molecule has 17 heavy (non-hydrogen) atoms. The van der Waals surface area contributed by atoms with Crippen LogP contribution in [0.5, 0.6) is 0 Å². The van der Waals surface area contributed by atoms with E-state index >= 15 is 0 Å². The molecule has 1 aromatic rings. The summed E-state index contributed by atoms with van der Waals surface area (Å²) in [5.41, 5.74) is 0. The quantitative estimate of drug-likeness (QED) is 0.758. The van der Waals surface area contributed by atoms with E-state index in [2.05, 4.69) is 10.4 Å². The van der Waals surface area contributed by atoms with Crippen molar-refractivity contribution in [2.45, 2.75) is 26.3 Å². The van der Waals surface area contributed by atoms with E-state index in [1.165, 1.54) is 6.20 Å². The second-order valence-electron chi connectivity index (χ2n) is 3.66. The van der Waals surface area contributed by atoms with E-state index in [1.807, 2.05) is 6.92 Å². The summed E-state index contributed by atoms with van der Waals surface area (Å²) in [6.45, 7) is 5.70. The number of hydrogen-bond acceptors (Lipinski definition) is 3. The highest BCUT2D eigenvalue weighted by Gasteiger charge is 2.14. The molecule has 96 valence electrons. The molecule has 0 aliphatic heterocycles. The molecule has 0 aromatic carbocycles. The molecule has 1 N–H and O–H groups in total. The fraction of sp³-hybridized carbons (Fsp3) is 0.636. The zero-order valence-electron chi connectivity index (χ0n) is 10.1. The number of carbonyl (C=O) groups is 1. The molecule has 0 saturated heterocycles. The van der Waals surface area contributed by atoms with Crippen LogP contribution in [0.25, 0.3) is 0 Å². The third kappa shape index (κ3) is 4.75. The number of halogens is 1. The highest BCUT2D eigenvalue weighted by atomic mass is 35.5. The van der Waals surface area contributed by atoms with Gasteiger partial charge in [-0.3, -0.25) is 9.48 Å². The first-order chi connectivity index (χ1) is 8.15. The fourth-order valence-electron chi connectivity index (χ4n) is 1.32. The normalized spacial score (nSPS) is 12.4. The van der Waals surface area contributed by atoms with Crippen LogP contribution >= 0.6 is 11.6 Å². The lowest BCUT2D eigenvalue weighted by Crippen LogP contribution is -2.32. The third-order valence-electron chi connectivity index (χ3n) is 2.32. The van der Waals surface area contributed by atoms with Crippen LogP contribution in [0.2, 0.25) is 5.02 Å².